The van der Waals surface area contributed by atoms with Crippen molar-refractivity contribution in [2.45, 2.75) is 25.5 Å². The number of amides is 1. The predicted octanol–water partition coefficient (Wildman–Crippen LogP) is 3.04. The van der Waals surface area contributed by atoms with Crippen LogP contribution in [0.3, 0.4) is 0 Å². The Kier molecular flexibility index (Phi) is 5.72. The zero-order valence-electron chi connectivity index (χ0n) is 13.4. The molecule has 0 radical (unpaired) electrons. The summed E-state index contributed by atoms with van der Waals surface area (Å²) in [5, 5.41) is 13.8. The van der Waals surface area contributed by atoms with Crippen LogP contribution in [0.1, 0.15) is 18.4 Å². The van der Waals surface area contributed by atoms with E-state index in [1.165, 1.54) is 6.07 Å². The van der Waals surface area contributed by atoms with Gasteiger partial charge in [-0.3, -0.25) is 4.79 Å². The molecule has 1 amide bonds. The van der Waals surface area contributed by atoms with Gasteiger partial charge in [0, 0.05) is 19.7 Å². The summed E-state index contributed by atoms with van der Waals surface area (Å²) in [5.41, 5.74) is 1.11. The zero-order chi connectivity index (χ0) is 16.8. The molecule has 6 heteroatoms. The fraction of sp³-hybridized carbons (Fsp3) is 0.389. The molecular weight excluding hydrogens is 326 g/mol. The normalized spacial score (nSPS) is 16.9. The number of para-hydroxylation sites is 2. The van der Waals surface area contributed by atoms with Crippen LogP contribution in [-0.4, -0.2) is 41.8 Å². The second-order valence-corrected chi connectivity index (χ2v) is 6.58. The van der Waals surface area contributed by atoms with Crippen LogP contribution in [0, 0.1) is 0 Å². The average Bonchev–Trinajstić information content (AvgIpc) is 3.27. The van der Waals surface area contributed by atoms with Crippen molar-refractivity contribution < 1.29 is 19.4 Å². The third kappa shape index (κ3) is 4.49. The molecule has 1 fully saturated rings. The summed E-state index contributed by atoms with van der Waals surface area (Å²) >= 11 is 1.61. The van der Waals surface area contributed by atoms with E-state index < -0.39 is 0 Å². The molecular formula is C18H21NO4S. The smallest absolute Gasteiger partial charge is 0.260 e. The van der Waals surface area contributed by atoms with Gasteiger partial charge in [0.25, 0.3) is 5.91 Å². The molecule has 1 saturated heterocycles. The number of hydrogen-bond donors (Lipinski definition) is 1. The van der Waals surface area contributed by atoms with Crippen molar-refractivity contribution in [3.63, 3.8) is 0 Å². The van der Waals surface area contributed by atoms with E-state index in [0.29, 0.717) is 18.8 Å². The molecule has 24 heavy (non-hydrogen) atoms. The number of phenols is 1. The molecule has 3 rings (SSSR count). The van der Waals surface area contributed by atoms with Crippen molar-refractivity contribution in [1.82, 2.24) is 4.90 Å². The number of hydrogen-bond acceptors (Lipinski definition) is 5. The van der Waals surface area contributed by atoms with Gasteiger partial charge in [0.05, 0.1) is 6.10 Å². The minimum absolute atomic E-state index is 0.0359. The molecule has 1 aliphatic heterocycles. The van der Waals surface area contributed by atoms with Crippen LogP contribution in [0.5, 0.6) is 11.5 Å². The first-order valence-electron chi connectivity index (χ1n) is 8.03. The number of ether oxygens (including phenoxy) is 2. The maximum atomic E-state index is 12.6. The van der Waals surface area contributed by atoms with Crippen LogP contribution >= 0.6 is 11.3 Å². The highest BCUT2D eigenvalue weighted by Crippen LogP contribution is 2.24. The number of rotatable bonds is 7. The lowest BCUT2D eigenvalue weighted by atomic mass is 10.2. The lowest BCUT2D eigenvalue weighted by Gasteiger charge is -2.25. The Morgan fingerprint density at radius 3 is 2.96 bits per heavy atom. The molecule has 2 aromatic rings. The summed E-state index contributed by atoms with van der Waals surface area (Å²) in [6, 6.07) is 8.67. The van der Waals surface area contributed by atoms with E-state index in [-0.39, 0.29) is 24.4 Å². The highest BCUT2D eigenvalue weighted by atomic mass is 32.1. The van der Waals surface area contributed by atoms with Crippen molar-refractivity contribution in [2.24, 2.45) is 0 Å². The number of benzene rings is 1. The van der Waals surface area contributed by atoms with Crippen LogP contribution in [0.25, 0.3) is 0 Å². The lowest BCUT2D eigenvalue weighted by molar-refractivity contribution is -0.135. The third-order valence-electron chi connectivity index (χ3n) is 3.97. The molecule has 1 N–H and O–H groups in total. The van der Waals surface area contributed by atoms with Gasteiger partial charge < -0.3 is 19.5 Å². The SMILES string of the molecule is O=C(COc1ccccc1O)N(Cc1ccsc1)C[C@@H]1CCCO1. The summed E-state index contributed by atoms with van der Waals surface area (Å²) in [6.07, 6.45) is 2.12. The molecule has 5 nitrogen and oxygen atoms in total. The molecule has 2 heterocycles. The van der Waals surface area contributed by atoms with Gasteiger partial charge in [-0.05, 0) is 47.4 Å². The van der Waals surface area contributed by atoms with Crippen molar-refractivity contribution in [1.29, 1.82) is 0 Å². The molecule has 1 aromatic heterocycles. The summed E-state index contributed by atoms with van der Waals surface area (Å²) in [4.78, 5) is 14.4. The maximum Gasteiger partial charge on any atom is 0.260 e. The highest BCUT2D eigenvalue weighted by molar-refractivity contribution is 7.07. The van der Waals surface area contributed by atoms with Gasteiger partial charge in [-0.1, -0.05) is 12.1 Å². The van der Waals surface area contributed by atoms with E-state index in [2.05, 4.69) is 0 Å². The average molecular weight is 347 g/mol. The maximum absolute atomic E-state index is 12.6. The first kappa shape index (κ1) is 16.8. The molecule has 1 aromatic carbocycles. The van der Waals surface area contributed by atoms with Crippen LogP contribution in [0.15, 0.2) is 41.1 Å². The molecule has 128 valence electrons. The van der Waals surface area contributed by atoms with Crippen molar-refractivity contribution in [2.75, 3.05) is 19.8 Å². The summed E-state index contributed by atoms with van der Waals surface area (Å²) in [5.74, 6) is 0.243. The van der Waals surface area contributed by atoms with Crippen LogP contribution in [0.4, 0.5) is 0 Å². The fourth-order valence-electron chi connectivity index (χ4n) is 2.70. The first-order valence-corrected chi connectivity index (χ1v) is 8.98. The second-order valence-electron chi connectivity index (χ2n) is 5.80. The van der Waals surface area contributed by atoms with Crippen LogP contribution < -0.4 is 4.74 Å². The van der Waals surface area contributed by atoms with Crippen LogP contribution in [-0.2, 0) is 16.1 Å². The number of thiophene rings is 1. The van der Waals surface area contributed by atoms with Gasteiger partial charge in [-0.25, -0.2) is 0 Å². The standard InChI is InChI=1S/C18H21NO4S/c20-16-5-1-2-6-17(16)23-12-18(21)19(10-14-7-9-24-13-14)11-15-4-3-8-22-15/h1-2,5-7,9,13,15,20H,3-4,8,10-12H2/t15-/m0/s1. The topological polar surface area (TPSA) is 59.0 Å². The van der Waals surface area contributed by atoms with Gasteiger partial charge in [0.15, 0.2) is 18.1 Å². The van der Waals surface area contributed by atoms with Gasteiger partial charge in [-0.15, -0.1) is 0 Å². The van der Waals surface area contributed by atoms with E-state index >= 15 is 0 Å². The summed E-state index contributed by atoms with van der Waals surface area (Å²) in [7, 11) is 0. The Bertz CT molecular complexity index is 653. The van der Waals surface area contributed by atoms with E-state index in [0.717, 1.165) is 25.0 Å². The Labute approximate surface area is 145 Å². The molecule has 0 saturated carbocycles. The van der Waals surface area contributed by atoms with E-state index in [4.69, 9.17) is 9.47 Å². The first-order chi connectivity index (χ1) is 11.7. The molecule has 0 aliphatic carbocycles. The zero-order valence-corrected chi connectivity index (χ0v) is 14.2. The van der Waals surface area contributed by atoms with Gasteiger partial charge in [0.1, 0.15) is 0 Å². The minimum atomic E-state index is -0.111. The number of phenolic OH excluding ortho intramolecular Hbond substituents is 1. The Hall–Kier alpha value is -2.05. The fourth-order valence-corrected chi connectivity index (χ4v) is 3.36. The minimum Gasteiger partial charge on any atom is -0.504 e. The summed E-state index contributed by atoms with van der Waals surface area (Å²) < 4.78 is 11.1. The Morgan fingerprint density at radius 2 is 2.25 bits per heavy atom. The van der Waals surface area contributed by atoms with Gasteiger partial charge >= 0.3 is 0 Å². The number of aromatic hydroxyl groups is 1. The van der Waals surface area contributed by atoms with Crippen LogP contribution in [0.2, 0.25) is 0 Å². The number of nitrogens with zero attached hydrogens (tertiary/aromatic N) is 1. The Balaban J connectivity index is 1.62. The summed E-state index contributed by atoms with van der Waals surface area (Å²) in [6.45, 7) is 1.78. The number of carbonyl (C=O) groups excluding carboxylic acids is 1. The van der Waals surface area contributed by atoms with Gasteiger partial charge in [-0.2, -0.15) is 11.3 Å². The molecule has 1 aliphatic rings. The van der Waals surface area contributed by atoms with E-state index in [1.54, 1.807) is 34.4 Å². The molecule has 0 bridgehead atoms. The predicted molar refractivity (Wildman–Crippen MR) is 92.3 cm³/mol. The van der Waals surface area contributed by atoms with Crippen molar-refractivity contribution >= 4 is 17.2 Å². The number of carbonyl (C=O) groups is 1. The quantitative estimate of drug-likeness (QED) is 0.836. The van der Waals surface area contributed by atoms with E-state index in [9.17, 15) is 9.90 Å². The third-order valence-corrected chi connectivity index (χ3v) is 4.70. The molecule has 0 unspecified atom stereocenters. The monoisotopic (exact) mass is 347 g/mol. The lowest BCUT2D eigenvalue weighted by Crippen LogP contribution is -2.39. The largest absolute Gasteiger partial charge is 0.504 e. The Morgan fingerprint density at radius 1 is 1.38 bits per heavy atom. The second kappa shape index (κ2) is 8.17. The molecule has 0 spiro atoms. The molecule has 1 atom stereocenters. The highest BCUT2D eigenvalue weighted by Gasteiger charge is 2.23. The van der Waals surface area contributed by atoms with Crippen molar-refractivity contribution in [3.8, 4) is 11.5 Å². The van der Waals surface area contributed by atoms with Gasteiger partial charge in [0.2, 0.25) is 0 Å². The van der Waals surface area contributed by atoms with Crippen molar-refractivity contribution in [3.05, 3.63) is 46.7 Å². The van der Waals surface area contributed by atoms with E-state index in [1.807, 2.05) is 16.8 Å².